The summed E-state index contributed by atoms with van der Waals surface area (Å²) >= 11 is 0. The van der Waals surface area contributed by atoms with E-state index >= 15 is 0 Å². The number of fused-ring (bicyclic) bond motifs is 1. The Morgan fingerprint density at radius 3 is 2.77 bits per heavy atom. The molecule has 1 N–H and O–H groups in total. The van der Waals surface area contributed by atoms with Crippen LogP contribution in [0.15, 0.2) is 36.4 Å². The van der Waals surface area contributed by atoms with E-state index in [0.717, 1.165) is 36.3 Å². The van der Waals surface area contributed by atoms with Crippen molar-refractivity contribution in [2.24, 2.45) is 0 Å². The van der Waals surface area contributed by atoms with Crippen LogP contribution in [-0.4, -0.2) is 34.4 Å². The number of hydrogen-bond acceptors (Lipinski definition) is 4. The lowest BCUT2D eigenvalue weighted by Gasteiger charge is -2.30. The van der Waals surface area contributed by atoms with Crippen LogP contribution in [0.5, 0.6) is 17.2 Å². The van der Waals surface area contributed by atoms with Gasteiger partial charge in [0.1, 0.15) is 5.82 Å². The monoisotopic (exact) mass is 359 g/mol. The first-order valence-electron chi connectivity index (χ1n) is 8.95. The van der Waals surface area contributed by atoms with E-state index in [0.29, 0.717) is 24.0 Å². The third-order valence-electron chi connectivity index (χ3n) is 5.02. The highest BCUT2D eigenvalue weighted by Crippen LogP contribution is 2.48. The van der Waals surface area contributed by atoms with Gasteiger partial charge in [0, 0.05) is 12.1 Å². The Balaban J connectivity index is 1.91. The van der Waals surface area contributed by atoms with Gasteiger partial charge in [-0.3, -0.25) is 0 Å². The van der Waals surface area contributed by atoms with Gasteiger partial charge in [0.25, 0.3) is 0 Å². The second kappa shape index (κ2) is 8.41. The molecule has 1 aliphatic rings. The zero-order chi connectivity index (χ0) is 18.5. The largest absolute Gasteiger partial charge is 0.493 e. The van der Waals surface area contributed by atoms with Gasteiger partial charge in [-0.05, 0) is 55.5 Å². The van der Waals surface area contributed by atoms with Crippen LogP contribution in [0.4, 0.5) is 4.39 Å². The summed E-state index contributed by atoms with van der Waals surface area (Å²) in [6.07, 6.45) is 1.84. The fourth-order valence-corrected chi connectivity index (χ4v) is 3.78. The van der Waals surface area contributed by atoms with E-state index in [1.165, 1.54) is 6.07 Å². The highest BCUT2D eigenvalue weighted by atomic mass is 19.1. The Kier molecular flexibility index (Phi) is 5.99. The SMILES string of the molecule is CNCC(CC1CCOc2c1ccc(OC)c2OC)c1cccc(F)c1. The van der Waals surface area contributed by atoms with Crippen molar-refractivity contribution < 1.29 is 18.6 Å². The summed E-state index contributed by atoms with van der Waals surface area (Å²) in [5, 5.41) is 3.24. The Morgan fingerprint density at radius 2 is 2.08 bits per heavy atom. The standard InChI is InChI=1S/C21H26FNO3/c1-23-13-16(14-5-4-6-17(22)12-14)11-15-9-10-26-20-18(15)7-8-19(24-2)21(20)25-3/h4-8,12,15-16,23H,9-11,13H2,1-3H3. The highest BCUT2D eigenvalue weighted by molar-refractivity contribution is 5.57. The molecule has 5 heteroatoms. The van der Waals surface area contributed by atoms with E-state index in [9.17, 15) is 4.39 Å². The molecule has 0 aliphatic carbocycles. The van der Waals surface area contributed by atoms with Crippen LogP contribution in [0.3, 0.4) is 0 Å². The van der Waals surface area contributed by atoms with Gasteiger partial charge in [0.05, 0.1) is 20.8 Å². The third kappa shape index (κ3) is 3.78. The van der Waals surface area contributed by atoms with E-state index in [1.807, 2.05) is 19.2 Å². The van der Waals surface area contributed by atoms with E-state index in [4.69, 9.17) is 14.2 Å². The predicted octanol–water partition coefficient (Wildman–Crippen LogP) is 4.10. The maximum atomic E-state index is 13.7. The summed E-state index contributed by atoms with van der Waals surface area (Å²) in [4.78, 5) is 0. The molecule has 0 amide bonds. The maximum absolute atomic E-state index is 13.7. The van der Waals surface area contributed by atoms with Gasteiger partial charge in [-0.15, -0.1) is 0 Å². The van der Waals surface area contributed by atoms with Crippen LogP contribution >= 0.6 is 0 Å². The Morgan fingerprint density at radius 1 is 1.23 bits per heavy atom. The van der Waals surface area contributed by atoms with Crippen molar-refractivity contribution >= 4 is 0 Å². The molecular weight excluding hydrogens is 333 g/mol. The number of rotatable bonds is 7. The number of benzene rings is 2. The normalized spacial score (nSPS) is 17.2. The molecule has 0 saturated heterocycles. The molecule has 3 rings (SSSR count). The minimum atomic E-state index is -0.192. The molecular formula is C21H26FNO3. The van der Waals surface area contributed by atoms with Gasteiger partial charge in [0.15, 0.2) is 11.5 Å². The second-order valence-corrected chi connectivity index (χ2v) is 6.60. The molecule has 2 unspecified atom stereocenters. The lowest BCUT2D eigenvalue weighted by atomic mass is 9.82. The molecule has 0 aromatic heterocycles. The van der Waals surface area contributed by atoms with Crippen molar-refractivity contribution in [3.63, 3.8) is 0 Å². The van der Waals surface area contributed by atoms with Crippen LogP contribution in [0.2, 0.25) is 0 Å². The van der Waals surface area contributed by atoms with Crippen molar-refractivity contribution in [1.82, 2.24) is 5.32 Å². The zero-order valence-electron chi connectivity index (χ0n) is 15.5. The van der Waals surface area contributed by atoms with Gasteiger partial charge in [-0.25, -0.2) is 4.39 Å². The van der Waals surface area contributed by atoms with Crippen LogP contribution in [-0.2, 0) is 0 Å². The van der Waals surface area contributed by atoms with Gasteiger partial charge in [-0.2, -0.15) is 0 Å². The van der Waals surface area contributed by atoms with E-state index in [1.54, 1.807) is 26.4 Å². The summed E-state index contributed by atoms with van der Waals surface area (Å²) in [6.45, 7) is 1.43. The van der Waals surface area contributed by atoms with E-state index < -0.39 is 0 Å². The van der Waals surface area contributed by atoms with Crippen molar-refractivity contribution in [3.05, 3.63) is 53.3 Å². The molecule has 140 valence electrons. The molecule has 0 radical (unpaired) electrons. The van der Waals surface area contributed by atoms with Crippen LogP contribution in [0.25, 0.3) is 0 Å². The fourth-order valence-electron chi connectivity index (χ4n) is 3.78. The average molecular weight is 359 g/mol. The number of methoxy groups -OCH3 is 2. The summed E-state index contributed by atoms with van der Waals surface area (Å²) in [7, 11) is 5.18. The van der Waals surface area contributed by atoms with Gasteiger partial charge < -0.3 is 19.5 Å². The topological polar surface area (TPSA) is 39.7 Å². The molecule has 2 atom stereocenters. The molecule has 1 heterocycles. The average Bonchev–Trinajstić information content (AvgIpc) is 2.66. The number of nitrogens with one attached hydrogen (secondary N) is 1. The quantitative estimate of drug-likeness (QED) is 0.808. The van der Waals surface area contributed by atoms with Crippen molar-refractivity contribution in [2.75, 3.05) is 34.4 Å². The highest BCUT2D eigenvalue weighted by Gasteiger charge is 2.29. The summed E-state index contributed by atoms with van der Waals surface area (Å²) < 4.78 is 30.5. The molecule has 0 bridgehead atoms. The molecule has 4 nitrogen and oxygen atoms in total. The zero-order valence-corrected chi connectivity index (χ0v) is 15.5. The molecule has 0 spiro atoms. The second-order valence-electron chi connectivity index (χ2n) is 6.60. The molecule has 0 fully saturated rings. The number of halogens is 1. The molecule has 2 aromatic carbocycles. The smallest absolute Gasteiger partial charge is 0.203 e. The Bertz CT molecular complexity index is 750. The third-order valence-corrected chi connectivity index (χ3v) is 5.02. The Hall–Kier alpha value is -2.27. The minimum absolute atomic E-state index is 0.192. The van der Waals surface area contributed by atoms with Crippen LogP contribution in [0.1, 0.15) is 35.8 Å². The molecule has 1 aliphatic heterocycles. The Labute approximate surface area is 154 Å². The van der Waals surface area contributed by atoms with Gasteiger partial charge in [-0.1, -0.05) is 18.2 Å². The number of hydrogen-bond donors (Lipinski definition) is 1. The lowest BCUT2D eigenvalue weighted by molar-refractivity contribution is 0.239. The first kappa shape index (κ1) is 18.5. The van der Waals surface area contributed by atoms with E-state index in [-0.39, 0.29) is 11.7 Å². The van der Waals surface area contributed by atoms with Crippen molar-refractivity contribution in [1.29, 1.82) is 0 Å². The fraction of sp³-hybridized carbons (Fsp3) is 0.429. The van der Waals surface area contributed by atoms with Gasteiger partial charge in [0.2, 0.25) is 5.75 Å². The van der Waals surface area contributed by atoms with E-state index in [2.05, 4.69) is 11.4 Å². The lowest BCUT2D eigenvalue weighted by Crippen LogP contribution is -2.22. The predicted molar refractivity (Wildman–Crippen MR) is 100 cm³/mol. The first-order valence-corrected chi connectivity index (χ1v) is 8.95. The number of ether oxygens (including phenoxy) is 3. The van der Waals surface area contributed by atoms with Gasteiger partial charge >= 0.3 is 0 Å². The summed E-state index contributed by atoms with van der Waals surface area (Å²) in [6, 6.07) is 10.9. The minimum Gasteiger partial charge on any atom is -0.493 e. The van der Waals surface area contributed by atoms with Crippen LogP contribution < -0.4 is 19.5 Å². The number of likely N-dealkylation sites (N-methyl/N-ethyl adjacent to an activating group) is 1. The summed E-state index contributed by atoms with van der Waals surface area (Å²) in [5.74, 6) is 2.43. The summed E-state index contributed by atoms with van der Waals surface area (Å²) in [5.41, 5.74) is 2.15. The van der Waals surface area contributed by atoms with Crippen molar-refractivity contribution in [3.8, 4) is 17.2 Å². The molecule has 2 aromatic rings. The first-order chi connectivity index (χ1) is 12.7. The molecule has 26 heavy (non-hydrogen) atoms. The molecule has 0 saturated carbocycles. The van der Waals surface area contributed by atoms with Crippen molar-refractivity contribution in [2.45, 2.75) is 24.7 Å². The maximum Gasteiger partial charge on any atom is 0.203 e. The van der Waals surface area contributed by atoms with Crippen LogP contribution in [0, 0.1) is 5.82 Å².